The van der Waals surface area contributed by atoms with Gasteiger partial charge in [-0.2, -0.15) is 8.42 Å². The van der Waals surface area contributed by atoms with E-state index in [2.05, 4.69) is 99.7 Å². The summed E-state index contributed by atoms with van der Waals surface area (Å²) >= 11 is 0. The van der Waals surface area contributed by atoms with Gasteiger partial charge >= 0.3 is 0 Å². The Morgan fingerprint density at radius 2 is 1.17 bits per heavy atom. The molecule has 2 N–H and O–H groups in total. The van der Waals surface area contributed by atoms with Crippen LogP contribution in [0.5, 0.6) is 11.5 Å². The molecule has 0 saturated heterocycles. The van der Waals surface area contributed by atoms with Gasteiger partial charge in [-0.3, -0.25) is 4.55 Å². The Kier molecular flexibility index (Phi) is 19.1. The van der Waals surface area contributed by atoms with E-state index in [9.17, 15) is 8.42 Å². The minimum Gasteiger partial charge on any atom is -0.490 e. The van der Waals surface area contributed by atoms with Crippen LogP contribution in [-0.4, -0.2) is 49.8 Å². The van der Waals surface area contributed by atoms with Crippen LogP contribution < -0.4 is 20.1 Å². The number of para-hydroxylation sites is 1. The summed E-state index contributed by atoms with van der Waals surface area (Å²) in [6.07, 6.45) is 15.1. The van der Waals surface area contributed by atoms with Crippen molar-refractivity contribution in [2.24, 2.45) is 0 Å². The van der Waals surface area contributed by atoms with Crippen LogP contribution in [-0.2, 0) is 30.5 Å². The normalized spacial score (nSPS) is 15.1. The first kappa shape index (κ1) is 44.7. The quantitative estimate of drug-likeness (QED) is 0.0716. The Hall–Kier alpha value is -2.72. The summed E-state index contributed by atoms with van der Waals surface area (Å²) in [7, 11) is -1.95. The minimum absolute atomic E-state index is 0. The van der Waals surface area contributed by atoms with E-state index < -0.39 is 10.1 Å². The molecule has 0 atom stereocenters. The summed E-state index contributed by atoms with van der Waals surface area (Å²) in [5.74, 6) is 1.91. The molecule has 0 amide bonds. The molecule has 0 radical (unpaired) electrons. The van der Waals surface area contributed by atoms with Gasteiger partial charge in [0.05, 0.1) is 24.0 Å². The maximum atomic E-state index is 9.19. The molecule has 6 nitrogen and oxygen atoms in total. The van der Waals surface area contributed by atoms with Crippen LogP contribution in [0.3, 0.4) is 0 Å². The molecular weight excluding hydrogens is 792 g/mol. The van der Waals surface area contributed by atoms with Crippen molar-refractivity contribution in [3.63, 3.8) is 0 Å². The minimum atomic E-state index is -3.67. The monoisotopic (exact) mass is 850 g/mol. The third-order valence-corrected chi connectivity index (χ3v) is 12.8. The third-order valence-electron chi connectivity index (χ3n) is 9.30. The smallest absolute Gasteiger partial charge is 0.261 e. The van der Waals surface area contributed by atoms with Crippen molar-refractivity contribution in [2.75, 3.05) is 18.6 Å². The molecule has 0 aliphatic heterocycles. The van der Waals surface area contributed by atoms with Crippen LogP contribution in [0.4, 0.5) is 5.69 Å². The van der Waals surface area contributed by atoms with E-state index in [0.717, 1.165) is 39.6 Å². The van der Waals surface area contributed by atoms with Gasteiger partial charge in [-0.15, -0.1) is 35.9 Å². The standard InChI is InChI=1S/C30H43O2P.C13H12N.CH4O3S.Pd/c1-22(2)31-27-19-13-20-28(32-23(3)4)30(27)26-18-11-12-21-29(26)33(24-14-7-5-8-15-24)25-16-9-6-10-17-25;1-14-13-10-6-5-9-12(13)11-7-3-2-4-8-11;1-5(2,3)4;/h11-13,18-25H,5-10,14-17H2,1-4H3;2-7,9-10,14H,1H3;1H3,(H,2,3,4);/q;-1;;. The van der Waals surface area contributed by atoms with E-state index in [1.54, 1.807) is 5.30 Å². The third kappa shape index (κ3) is 14.5. The topological polar surface area (TPSA) is 84.9 Å². The van der Waals surface area contributed by atoms with Crippen LogP contribution >= 0.6 is 7.92 Å². The molecule has 0 heterocycles. The van der Waals surface area contributed by atoms with E-state index in [1.165, 1.54) is 75.3 Å². The largest absolute Gasteiger partial charge is 0.490 e. The van der Waals surface area contributed by atoms with E-state index in [0.29, 0.717) is 6.26 Å². The first-order chi connectivity index (χ1) is 25.0. The molecule has 4 aromatic rings. The summed E-state index contributed by atoms with van der Waals surface area (Å²) in [6.45, 7) is 8.45. The van der Waals surface area contributed by atoms with E-state index in [-0.39, 0.29) is 40.6 Å². The zero-order valence-corrected chi connectivity index (χ0v) is 35.6. The van der Waals surface area contributed by atoms with Crippen LogP contribution in [0, 0.1) is 6.07 Å². The molecule has 2 aliphatic carbocycles. The van der Waals surface area contributed by atoms with Crippen LogP contribution in [0.25, 0.3) is 22.3 Å². The molecule has 6 rings (SSSR count). The molecule has 0 unspecified atom stereocenters. The van der Waals surface area contributed by atoms with Gasteiger partial charge in [0.1, 0.15) is 11.5 Å². The Bertz CT molecular complexity index is 1700. The van der Waals surface area contributed by atoms with Crippen molar-refractivity contribution >= 4 is 29.0 Å². The Labute approximate surface area is 335 Å². The maximum absolute atomic E-state index is 9.19. The van der Waals surface area contributed by atoms with Crippen LogP contribution in [0.2, 0.25) is 0 Å². The number of nitrogens with one attached hydrogen (secondary N) is 1. The first-order valence-electron chi connectivity index (χ1n) is 19.0. The molecule has 0 bridgehead atoms. The Balaban J connectivity index is 0.000000312. The number of benzene rings is 4. The second-order valence-corrected chi connectivity index (χ2v) is 18.5. The van der Waals surface area contributed by atoms with Crippen molar-refractivity contribution in [1.82, 2.24) is 0 Å². The SMILES string of the molecule is CC(C)Oc1cccc(OC(C)C)c1-c1ccccc1P(C1CCCCC1)C1CCCCC1.CNc1ccccc1-c1[c-]cccc1.CS(=O)(=O)O.[Pd]. The summed E-state index contributed by atoms with van der Waals surface area (Å²) < 4.78 is 38.6. The zero-order valence-electron chi connectivity index (χ0n) is 32.3. The van der Waals surface area contributed by atoms with E-state index in [4.69, 9.17) is 14.0 Å². The molecule has 2 aliphatic rings. The molecule has 2 fully saturated rings. The number of hydrogen-bond acceptors (Lipinski definition) is 5. The maximum Gasteiger partial charge on any atom is 0.261 e. The number of anilines is 1. The van der Waals surface area contributed by atoms with E-state index in [1.807, 2.05) is 37.4 Å². The summed E-state index contributed by atoms with van der Waals surface area (Å²) in [5.41, 5.74) is 7.69. The average molecular weight is 851 g/mol. The predicted molar refractivity (Wildman–Crippen MR) is 221 cm³/mol. The number of hydrogen-bond donors (Lipinski definition) is 2. The second-order valence-electron chi connectivity index (χ2n) is 14.3. The molecule has 4 aromatic carbocycles. The molecule has 292 valence electrons. The van der Waals surface area contributed by atoms with Crippen molar-refractivity contribution in [1.29, 1.82) is 0 Å². The van der Waals surface area contributed by atoms with Gasteiger partial charge in [-0.1, -0.05) is 101 Å². The van der Waals surface area contributed by atoms with Crippen LogP contribution in [0.15, 0.2) is 91.0 Å². The molecule has 53 heavy (non-hydrogen) atoms. The number of ether oxygens (including phenoxy) is 2. The van der Waals surface area contributed by atoms with Gasteiger partial charge in [0.25, 0.3) is 10.1 Å². The molecule has 2 saturated carbocycles. The van der Waals surface area contributed by atoms with Crippen molar-refractivity contribution < 1.29 is 42.9 Å². The van der Waals surface area contributed by atoms with Gasteiger partial charge in [0.2, 0.25) is 0 Å². The van der Waals surface area contributed by atoms with Crippen molar-refractivity contribution in [2.45, 2.75) is 115 Å². The van der Waals surface area contributed by atoms with Gasteiger partial charge in [0.15, 0.2) is 0 Å². The fraction of sp³-hybridized carbons (Fsp3) is 0.455. The fourth-order valence-corrected chi connectivity index (χ4v) is 11.2. The van der Waals surface area contributed by atoms with Crippen molar-refractivity contribution in [3.8, 4) is 33.8 Å². The molecule has 9 heteroatoms. The molecule has 0 spiro atoms. The second kappa shape index (κ2) is 22.6. The van der Waals surface area contributed by atoms with E-state index >= 15 is 0 Å². The van der Waals surface area contributed by atoms with Gasteiger partial charge in [-0.05, 0) is 99.5 Å². The molecule has 0 aromatic heterocycles. The van der Waals surface area contributed by atoms with Gasteiger partial charge in [-0.25, -0.2) is 0 Å². The fourth-order valence-electron chi connectivity index (χ4n) is 7.30. The zero-order chi connectivity index (χ0) is 37.5. The van der Waals surface area contributed by atoms with Gasteiger partial charge in [0, 0.05) is 27.5 Å². The molecular formula is C44H59NO5PPdS-. The summed E-state index contributed by atoms with van der Waals surface area (Å²) in [6, 6.07) is 35.1. The van der Waals surface area contributed by atoms with Crippen molar-refractivity contribution in [3.05, 3.63) is 97.1 Å². The Morgan fingerprint density at radius 1 is 0.698 bits per heavy atom. The predicted octanol–water partition coefficient (Wildman–Crippen LogP) is 11.4. The van der Waals surface area contributed by atoms with Crippen LogP contribution in [0.1, 0.15) is 91.9 Å². The average Bonchev–Trinajstić information content (AvgIpc) is 3.13. The summed E-state index contributed by atoms with van der Waals surface area (Å²) in [4.78, 5) is 0. The number of rotatable bonds is 10. The Morgan fingerprint density at radius 3 is 1.64 bits per heavy atom. The van der Waals surface area contributed by atoms with Gasteiger partial charge < -0.3 is 14.8 Å². The summed E-state index contributed by atoms with van der Waals surface area (Å²) in [5, 5.41) is 4.77. The first-order valence-corrected chi connectivity index (χ1v) is 22.3.